The lowest BCUT2D eigenvalue weighted by Gasteiger charge is -2.06. The molecule has 90 valence electrons. The summed E-state index contributed by atoms with van der Waals surface area (Å²) < 4.78 is 21.9. The molecule has 0 spiro atoms. The van der Waals surface area contributed by atoms with Gasteiger partial charge in [0.05, 0.1) is 5.75 Å². The molecule has 0 heterocycles. The standard InChI is InChI=1S/C11H17NO2S2/c1-16(13,14)7-6-15-9-11-5-3-2-4-10(11)8-12/h2-5H,6-9,12H2,1H3. The molecule has 0 aliphatic heterocycles. The second kappa shape index (κ2) is 6.27. The number of rotatable bonds is 6. The van der Waals surface area contributed by atoms with E-state index in [1.807, 2.05) is 24.3 Å². The van der Waals surface area contributed by atoms with Gasteiger partial charge in [0, 0.05) is 24.3 Å². The van der Waals surface area contributed by atoms with Crippen LogP contribution in [0.5, 0.6) is 0 Å². The van der Waals surface area contributed by atoms with Crippen molar-refractivity contribution in [3.05, 3.63) is 35.4 Å². The van der Waals surface area contributed by atoms with Gasteiger partial charge in [-0.2, -0.15) is 11.8 Å². The summed E-state index contributed by atoms with van der Waals surface area (Å²) in [7, 11) is -2.84. The predicted molar refractivity (Wildman–Crippen MR) is 70.2 cm³/mol. The van der Waals surface area contributed by atoms with Gasteiger partial charge in [-0.15, -0.1) is 0 Å². The summed E-state index contributed by atoms with van der Waals surface area (Å²) in [5.41, 5.74) is 7.95. The average Bonchev–Trinajstić information content (AvgIpc) is 2.23. The lowest BCUT2D eigenvalue weighted by atomic mass is 10.1. The van der Waals surface area contributed by atoms with Gasteiger partial charge in [0.1, 0.15) is 9.84 Å². The van der Waals surface area contributed by atoms with Crippen LogP contribution in [0.15, 0.2) is 24.3 Å². The maximum atomic E-state index is 10.9. The molecule has 16 heavy (non-hydrogen) atoms. The van der Waals surface area contributed by atoms with Crippen LogP contribution in [0.1, 0.15) is 11.1 Å². The first kappa shape index (κ1) is 13.5. The van der Waals surface area contributed by atoms with E-state index in [1.54, 1.807) is 11.8 Å². The maximum Gasteiger partial charge on any atom is 0.148 e. The number of hydrogen-bond donors (Lipinski definition) is 1. The largest absolute Gasteiger partial charge is 0.326 e. The monoisotopic (exact) mass is 259 g/mol. The Morgan fingerprint density at radius 2 is 1.88 bits per heavy atom. The highest BCUT2D eigenvalue weighted by Crippen LogP contribution is 2.16. The van der Waals surface area contributed by atoms with Gasteiger partial charge < -0.3 is 5.73 Å². The Morgan fingerprint density at radius 1 is 1.25 bits per heavy atom. The molecule has 0 atom stereocenters. The van der Waals surface area contributed by atoms with Crippen LogP contribution in [-0.4, -0.2) is 26.2 Å². The van der Waals surface area contributed by atoms with E-state index in [4.69, 9.17) is 5.73 Å². The quantitative estimate of drug-likeness (QED) is 0.785. The number of sulfone groups is 1. The fourth-order valence-corrected chi connectivity index (χ4v) is 3.62. The first-order valence-electron chi connectivity index (χ1n) is 5.05. The summed E-state index contributed by atoms with van der Waals surface area (Å²) >= 11 is 1.63. The van der Waals surface area contributed by atoms with Gasteiger partial charge in [-0.3, -0.25) is 0 Å². The summed E-state index contributed by atoms with van der Waals surface area (Å²) in [6.45, 7) is 0.531. The van der Waals surface area contributed by atoms with Crippen LogP contribution in [0.3, 0.4) is 0 Å². The van der Waals surface area contributed by atoms with Crippen LogP contribution in [0.25, 0.3) is 0 Å². The first-order valence-corrected chi connectivity index (χ1v) is 8.27. The number of thioether (sulfide) groups is 1. The molecular formula is C11H17NO2S2. The molecule has 0 radical (unpaired) electrons. The Labute approximate surface area is 101 Å². The molecule has 5 heteroatoms. The van der Waals surface area contributed by atoms with E-state index in [-0.39, 0.29) is 5.75 Å². The highest BCUT2D eigenvalue weighted by Gasteiger charge is 2.03. The number of benzene rings is 1. The molecule has 3 nitrogen and oxygen atoms in total. The molecule has 0 bridgehead atoms. The first-order chi connectivity index (χ1) is 7.53. The van der Waals surface area contributed by atoms with Crippen molar-refractivity contribution in [2.45, 2.75) is 12.3 Å². The van der Waals surface area contributed by atoms with E-state index < -0.39 is 9.84 Å². The minimum atomic E-state index is -2.84. The van der Waals surface area contributed by atoms with Crippen molar-refractivity contribution in [2.24, 2.45) is 5.73 Å². The Hall–Kier alpha value is -0.520. The zero-order valence-electron chi connectivity index (χ0n) is 9.35. The fourth-order valence-electron chi connectivity index (χ4n) is 1.29. The maximum absolute atomic E-state index is 10.9. The normalized spacial score (nSPS) is 11.6. The van der Waals surface area contributed by atoms with Gasteiger partial charge in [0.15, 0.2) is 0 Å². The van der Waals surface area contributed by atoms with Crippen LogP contribution in [-0.2, 0) is 22.1 Å². The van der Waals surface area contributed by atoms with Crippen LogP contribution < -0.4 is 5.73 Å². The van der Waals surface area contributed by atoms with Crippen LogP contribution in [0.4, 0.5) is 0 Å². The molecule has 0 saturated carbocycles. The van der Waals surface area contributed by atoms with Crippen molar-refractivity contribution in [2.75, 3.05) is 17.8 Å². The van der Waals surface area contributed by atoms with Gasteiger partial charge in [-0.05, 0) is 11.1 Å². The number of hydrogen-bond acceptors (Lipinski definition) is 4. The summed E-state index contributed by atoms with van der Waals surface area (Å²) in [6.07, 6.45) is 1.27. The Balaban J connectivity index is 2.43. The third-order valence-electron chi connectivity index (χ3n) is 2.19. The molecule has 0 aliphatic carbocycles. The van der Waals surface area contributed by atoms with E-state index in [0.29, 0.717) is 12.3 Å². The topological polar surface area (TPSA) is 60.2 Å². The van der Waals surface area contributed by atoms with E-state index in [0.717, 1.165) is 11.3 Å². The molecule has 0 unspecified atom stereocenters. The lowest BCUT2D eigenvalue weighted by molar-refractivity contribution is 0.603. The zero-order chi connectivity index (χ0) is 12.0. The molecule has 0 saturated heterocycles. The van der Waals surface area contributed by atoms with Crippen molar-refractivity contribution < 1.29 is 8.42 Å². The number of nitrogens with two attached hydrogens (primary N) is 1. The fraction of sp³-hybridized carbons (Fsp3) is 0.455. The van der Waals surface area contributed by atoms with Crippen LogP contribution >= 0.6 is 11.8 Å². The Kier molecular flexibility index (Phi) is 5.31. The zero-order valence-corrected chi connectivity index (χ0v) is 11.0. The van der Waals surface area contributed by atoms with Crippen molar-refractivity contribution in [3.8, 4) is 0 Å². The molecule has 0 amide bonds. The van der Waals surface area contributed by atoms with E-state index in [2.05, 4.69) is 0 Å². The molecule has 1 rings (SSSR count). The van der Waals surface area contributed by atoms with Crippen molar-refractivity contribution in [3.63, 3.8) is 0 Å². The highest BCUT2D eigenvalue weighted by molar-refractivity contribution is 7.99. The minimum absolute atomic E-state index is 0.239. The lowest BCUT2D eigenvalue weighted by Crippen LogP contribution is -2.06. The molecule has 0 aromatic heterocycles. The van der Waals surface area contributed by atoms with E-state index in [1.165, 1.54) is 11.8 Å². The van der Waals surface area contributed by atoms with Gasteiger partial charge in [-0.25, -0.2) is 8.42 Å². The SMILES string of the molecule is CS(=O)(=O)CCSCc1ccccc1CN. The van der Waals surface area contributed by atoms with E-state index >= 15 is 0 Å². The van der Waals surface area contributed by atoms with Crippen molar-refractivity contribution in [1.82, 2.24) is 0 Å². The van der Waals surface area contributed by atoms with Gasteiger partial charge in [0.2, 0.25) is 0 Å². The highest BCUT2D eigenvalue weighted by atomic mass is 32.2. The molecule has 0 aliphatic rings. The van der Waals surface area contributed by atoms with Gasteiger partial charge >= 0.3 is 0 Å². The molecule has 2 N–H and O–H groups in total. The van der Waals surface area contributed by atoms with Crippen molar-refractivity contribution in [1.29, 1.82) is 0 Å². The van der Waals surface area contributed by atoms with E-state index in [9.17, 15) is 8.42 Å². The van der Waals surface area contributed by atoms with Crippen molar-refractivity contribution >= 4 is 21.6 Å². The summed E-state index contributed by atoms with van der Waals surface area (Å²) in [4.78, 5) is 0. The molecule has 0 fully saturated rings. The van der Waals surface area contributed by atoms with Crippen LogP contribution in [0, 0.1) is 0 Å². The second-order valence-electron chi connectivity index (χ2n) is 3.66. The average molecular weight is 259 g/mol. The molecule has 1 aromatic carbocycles. The third kappa shape index (κ3) is 5.01. The second-order valence-corrected chi connectivity index (χ2v) is 7.02. The predicted octanol–water partition coefficient (Wildman–Crippen LogP) is 1.42. The third-order valence-corrected chi connectivity index (χ3v) is 4.41. The molecular weight excluding hydrogens is 242 g/mol. The summed E-state index contributed by atoms with van der Waals surface area (Å²) in [5.74, 6) is 1.70. The molecule has 1 aromatic rings. The van der Waals surface area contributed by atoms with Gasteiger partial charge in [-0.1, -0.05) is 24.3 Å². The van der Waals surface area contributed by atoms with Crippen LogP contribution in [0.2, 0.25) is 0 Å². The van der Waals surface area contributed by atoms with Gasteiger partial charge in [0.25, 0.3) is 0 Å². The smallest absolute Gasteiger partial charge is 0.148 e. The Bertz CT molecular complexity index is 429. The minimum Gasteiger partial charge on any atom is -0.326 e. The summed E-state index contributed by atoms with van der Waals surface area (Å²) in [5, 5.41) is 0. The summed E-state index contributed by atoms with van der Waals surface area (Å²) in [6, 6.07) is 7.99. The Morgan fingerprint density at radius 3 is 2.44 bits per heavy atom.